The van der Waals surface area contributed by atoms with Crippen LogP contribution >= 0.6 is 0 Å². The van der Waals surface area contributed by atoms with Crippen molar-refractivity contribution in [3.8, 4) is 5.75 Å². The SMILES string of the molecule is CCc1ccc(N(CC(=O)N(Cc2ccc(OC)cc2)[C@H](C)C(=O)N[C@H](C)CC)S(=O)(=O)c2ccccc2)cc1. The van der Waals surface area contributed by atoms with Gasteiger partial charge in [0, 0.05) is 12.6 Å². The lowest BCUT2D eigenvalue weighted by Crippen LogP contribution is -2.52. The van der Waals surface area contributed by atoms with Gasteiger partial charge in [-0.3, -0.25) is 13.9 Å². The van der Waals surface area contributed by atoms with Crippen LogP contribution < -0.4 is 14.4 Å². The molecule has 40 heavy (non-hydrogen) atoms. The average molecular weight is 566 g/mol. The van der Waals surface area contributed by atoms with Crippen LogP contribution in [0.4, 0.5) is 5.69 Å². The fourth-order valence-corrected chi connectivity index (χ4v) is 5.56. The van der Waals surface area contributed by atoms with Crippen molar-refractivity contribution in [2.24, 2.45) is 0 Å². The van der Waals surface area contributed by atoms with Gasteiger partial charge in [0.2, 0.25) is 11.8 Å². The Morgan fingerprint density at radius 1 is 0.875 bits per heavy atom. The first-order valence-corrected chi connectivity index (χ1v) is 14.9. The van der Waals surface area contributed by atoms with Crippen LogP contribution in [0, 0.1) is 0 Å². The van der Waals surface area contributed by atoms with Crippen LogP contribution in [0.2, 0.25) is 0 Å². The number of ether oxygens (including phenoxy) is 1. The number of nitrogens with zero attached hydrogens (tertiary/aromatic N) is 2. The lowest BCUT2D eigenvalue weighted by molar-refractivity contribution is -0.139. The maximum Gasteiger partial charge on any atom is 0.264 e. The van der Waals surface area contributed by atoms with E-state index in [-0.39, 0.29) is 23.4 Å². The van der Waals surface area contributed by atoms with Crippen LogP contribution in [0.5, 0.6) is 5.75 Å². The van der Waals surface area contributed by atoms with Gasteiger partial charge in [-0.1, -0.05) is 56.3 Å². The largest absolute Gasteiger partial charge is 0.497 e. The molecule has 0 unspecified atom stereocenters. The minimum Gasteiger partial charge on any atom is -0.497 e. The number of nitrogens with one attached hydrogen (secondary N) is 1. The molecule has 214 valence electrons. The van der Waals surface area contributed by atoms with Crippen LogP contribution in [0.1, 0.15) is 45.2 Å². The molecule has 2 atom stereocenters. The molecule has 0 heterocycles. The van der Waals surface area contributed by atoms with Crippen molar-refractivity contribution in [3.63, 3.8) is 0 Å². The number of rotatable bonds is 13. The normalized spacial score (nSPS) is 12.7. The first-order valence-electron chi connectivity index (χ1n) is 13.5. The Morgan fingerprint density at radius 2 is 1.48 bits per heavy atom. The third-order valence-corrected chi connectivity index (χ3v) is 8.71. The van der Waals surface area contributed by atoms with E-state index in [0.717, 1.165) is 28.3 Å². The summed E-state index contributed by atoms with van der Waals surface area (Å²) in [5.41, 5.74) is 2.20. The lowest BCUT2D eigenvalue weighted by atomic mass is 10.1. The zero-order valence-corrected chi connectivity index (χ0v) is 24.6. The molecule has 2 amide bonds. The van der Waals surface area contributed by atoms with E-state index in [2.05, 4.69) is 5.32 Å². The summed E-state index contributed by atoms with van der Waals surface area (Å²) >= 11 is 0. The van der Waals surface area contributed by atoms with Crippen LogP contribution in [-0.4, -0.2) is 50.9 Å². The molecular weight excluding hydrogens is 526 g/mol. The van der Waals surface area contributed by atoms with Gasteiger partial charge in [-0.25, -0.2) is 8.42 Å². The van der Waals surface area contributed by atoms with Gasteiger partial charge in [-0.05, 0) is 74.2 Å². The van der Waals surface area contributed by atoms with Crippen molar-refractivity contribution in [2.45, 2.75) is 64.1 Å². The molecule has 0 fully saturated rings. The Hall–Kier alpha value is -3.85. The number of hydrogen-bond donors (Lipinski definition) is 1. The average Bonchev–Trinajstić information content (AvgIpc) is 2.98. The molecule has 0 saturated carbocycles. The Morgan fingerprint density at radius 3 is 2.02 bits per heavy atom. The number of amides is 2. The molecule has 0 saturated heterocycles. The van der Waals surface area contributed by atoms with E-state index in [4.69, 9.17) is 4.74 Å². The van der Waals surface area contributed by atoms with Gasteiger partial charge >= 0.3 is 0 Å². The molecular formula is C31H39N3O5S. The Labute approximate surface area is 238 Å². The molecule has 0 aromatic heterocycles. The number of methoxy groups -OCH3 is 1. The van der Waals surface area contributed by atoms with Gasteiger partial charge in [0.25, 0.3) is 10.0 Å². The number of carbonyl (C=O) groups is 2. The fourth-order valence-electron chi connectivity index (χ4n) is 4.12. The van der Waals surface area contributed by atoms with Gasteiger partial charge in [0.15, 0.2) is 0 Å². The van der Waals surface area contributed by atoms with E-state index in [0.29, 0.717) is 11.4 Å². The van der Waals surface area contributed by atoms with Crippen LogP contribution in [0.25, 0.3) is 0 Å². The highest BCUT2D eigenvalue weighted by atomic mass is 32.2. The molecule has 3 aromatic carbocycles. The van der Waals surface area contributed by atoms with E-state index >= 15 is 0 Å². The van der Waals surface area contributed by atoms with E-state index in [9.17, 15) is 18.0 Å². The molecule has 0 aliphatic carbocycles. The number of benzene rings is 3. The van der Waals surface area contributed by atoms with Crippen LogP contribution in [0.3, 0.4) is 0 Å². The molecule has 1 N–H and O–H groups in total. The number of anilines is 1. The summed E-state index contributed by atoms with van der Waals surface area (Å²) in [5.74, 6) is -0.137. The van der Waals surface area contributed by atoms with Crippen molar-refractivity contribution in [1.29, 1.82) is 0 Å². The summed E-state index contributed by atoms with van der Waals surface area (Å²) in [6.07, 6.45) is 1.53. The predicted molar refractivity (Wildman–Crippen MR) is 158 cm³/mol. The molecule has 0 aliphatic heterocycles. The highest BCUT2D eigenvalue weighted by molar-refractivity contribution is 7.92. The smallest absolute Gasteiger partial charge is 0.264 e. The molecule has 3 rings (SSSR count). The molecule has 0 aliphatic rings. The topological polar surface area (TPSA) is 96.0 Å². The first kappa shape index (κ1) is 30.7. The standard InChI is InChI=1S/C31H39N3O5S/c1-6-23(3)32-31(36)24(4)33(21-26-15-19-28(39-5)20-16-26)30(35)22-34(27-17-13-25(7-2)14-18-27)40(37,38)29-11-9-8-10-12-29/h8-20,23-24H,6-7,21-22H2,1-5H3,(H,32,36)/t23-,24-/m1/s1. The Balaban J connectivity index is 2.01. The van der Waals surface area contributed by atoms with E-state index in [1.807, 2.05) is 45.0 Å². The summed E-state index contributed by atoms with van der Waals surface area (Å²) in [4.78, 5) is 28.6. The maximum absolute atomic E-state index is 14.0. The van der Waals surface area contributed by atoms with Crippen molar-refractivity contribution in [1.82, 2.24) is 10.2 Å². The number of carbonyl (C=O) groups excluding carboxylic acids is 2. The van der Waals surface area contributed by atoms with E-state index in [1.165, 1.54) is 17.0 Å². The van der Waals surface area contributed by atoms with Crippen molar-refractivity contribution >= 4 is 27.5 Å². The van der Waals surface area contributed by atoms with Crippen molar-refractivity contribution in [2.75, 3.05) is 18.0 Å². The van der Waals surface area contributed by atoms with E-state index < -0.39 is 28.5 Å². The van der Waals surface area contributed by atoms with Crippen molar-refractivity contribution in [3.05, 3.63) is 90.0 Å². The summed E-state index contributed by atoms with van der Waals surface area (Å²) < 4.78 is 34.0. The maximum atomic E-state index is 14.0. The quantitative estimate of drug-likeness (QED) is 0.322. The monoisotopic (exact) mass is 565 g/mol. The minimum atomic E-state index is -4.08. The van der Waals surface area contributed by atoms with Crippen LogP contribution in [0.15, 0.2) is 83.8 Å². The zero-order valence-electron chi connectivity index (χ0n) is 23.8. The predicted octanol–water partition coefficient (Wildman–Crippen LogP) is 4.78. The van der Waals surface area contributed by atoms with Gasteiger partial charge in [0.1, 0.15) is 18.3 Å². The van der Waals surface area contributed by atoms with Crippen molar-refractivity contribution < 1.29 is 22.7 Å². The summed E-state index contributed by atoms with van der Waals surface area (Å²) in [6, 6.07) is 21.4. The van der Waals surface area contributed by atoms with Gasteiger partial charge < -0.3 is 15.0 Å². The summed E-state index contributed by atoms with van der Waals surface area (Å²) in [6.45, 7) is 7.18. The highest BCUT2D eigenvalue weighted by Crippen LogP contribution is 2.25. The molecule has 0 spiro atoms. The minimum absolute atomic E-state index is 0.0695. The number of aryl methyl sites for hydroxylation is 1. The lowest BCUT2D eigenvalue weighted by Gasteiger charge is -2.32. The van der Waals surface area contributed by atoms with E-state index in [1.54, 1.807) is 56.5 Å². The van der Waals surface area contributed by atoms with Gasteiger partial charge in [0.05, 0.1) is 17.7 Å². The third-order valence-electron chi connectivity index (χ3n) is 6.92. The Kier molecular flexibility index (Phi) is 10.7. The Bertz CT molecular complexity index is 1360. The summed E-state index contributed by atoms with van der Waals surface area (Å²) in [7, 11) is -2.51. The second-order valence-corrected chi connectivity index (χ2v) is 11.6. The van der Waals surface area contributed by atoms with Crippen LogP contribution in [-0.2, 0) is 32.6 Å². The molecule has 8 nitrogen and oxygen atoms in total. The second kappa shape index (κ2) is 14.0. The third kappa shape index (κ3) is 7.63. The molecule has 0 radical (unpaired) electrons. The second-order valence-electron chi connectivity index (χ2n) is 9.71. The highest BCUT2D eigenvalue weighted by Gasteiger charge is 2.32. The molecule has 3 aromatic rings. The first-order chi connectivity index (χ1) is 19.1. The summed E-state index contributed by atoms with van der Waals surface area (Å²) in [5, 5.41) is 2.94. The molecule has 9 heteroatoms. The van der Waals surface area contributed by atoms with Gasteiger partial charge in [-0.15, -0.1) is 0 Å². The number of hydrogen-bond acceptors (Lipinski definition) is 5. The molecule has 0 bridgehead atoms. The van der Waals surface area contributed by atoms with Gasteiger partial charge in [-0.2, -0.15) is 0 Å². The fraction of sp³-hybridized carbons (Fsp3) is 0.355. The zero-order chi connectivity index (χ0) is 29.3. The number of sulfonamides is 1.